The van der Waals surface area contributed by atoms with Crippen LogP contribution in [0.4, 0.5) is 11.4 Å². The molecule has 1 aliphatic heterocycles. The molecule has 0 unspecified atom stereocenters. The molecule has 0 saturated carbocycles. The van der Waals surface area contributed by atoms with Gasteiger partial charge in [-0.1, -0.05) is 27.5 Å². The summed E-state index contributed by atoms with van der Waals surface area (Å²) in [6, 6.07) is 11.0. The smallest absolute Gasteiger partial charge is 0.337 e. The van der Waals surface area contributed by atoms with E-state index in [-0.39, 0.29) is 21.4 Å². The van der Waals surface area contributed by atoms with Gasteiger partial charge in [0.2, 0.25) is 5.91 Å². The topological polar surface area (TPSA) is 99.1 Å². The van der Waals surface area contributed by atoms with E-state index >= 15 is 0 Å². The number of aliphatic imine (C=N–C) groups is 1. The molecule has 0 bridgehead atoms. The first kappa shape index (κ1) is 20.1. The van der Waals surface area contributed by atoms with E-state index in [1.54, 1.807) is 24.3 Å². The summed E-state index contributed by atoms with van der Waals surface area (Å²) in [5.41, 5.74) is 0.607. The molecule has 0 spiro atoms. The van der Waals surface area contributed by atoms with Gasteiger partial charge in [0.05, 0.1) is 22.0 Å². The maximum Gasteiger partial charge on any atom is 0.337 e. The van der Waals surface area contributed by atoms with Crippen molar-refractivity contribution in [1.82, 2.24) is 5.32 Å². The molecule has 142 valence electrons. The Morgan fingerprint density at radius 2 is 1.93 bits per heavy atom. The van der Waals surface area contributed by atoms with Crippen LogP contribution in [0, 0.1) is 5.92 Å². The second-order valence-electron chi connectivity index (χ2n) is 5.67. The van der Waals surface area contributed by atoms with Crippen molar-refractivity contribution in [3.05, 3.63) is 57.5 Å². The van der Waals surface area contributed by atoms with Gasteiger partial charge in [0.25, 0.3) is 5.91 Å². The van der Waals surface area contributed by atoms with Crippen LogP contribution in [0.5, 0.6) is 0 Å². The van der Waals surface area contributed by atoms with Gasteiger partial charge in [-0.3, -0.25) is 19.5 Å². The second kappa shape index (κ2) is 8.17. The number of hydrogen-bond acceptors (Lipinski definition) is 5. The molecule has 0 aromatic heterocycles. The third-order valence-electron chi connectivity index (χ3n) is 3.84. The predicted molar refractivity (Wildman–Crippen MR) is 112 cm³/mol. The van der Waals surface area contributed by atoms with E-state index in [1.165, 1.54) is 23.1 Å². The Kier molecular flexibility index (Phi) is 5.87. The third kappa shape index (κ3) is 4.11. The van der Waals surface area contributed by atoms with Crippen LogP contribution in [0.1, 0.15) is 10.4 Å². The van der Waals surface area contributed by atoms with Crippen LogP contribution < -0.4 is 10.2 Å². The van der Waals surface area contributed by atoms with Crippen molar-refractivity contribution in [3.8, 4) is 0 Å². The van der Waals surface area contributed by atoms with Crippen molar-refractivity contribution in [2.75, 3.05) is 4.90 Å². The lowest BCUT2D eigenvalue weighted by molar-refractivity contribution is -0.130. The SMILES string of the molecule is O=C(O)c1cc(N=C[C@@H]2C(=O)NC(=S)N(c3ccc(Br)cc3)C2=O)ccc1Cl. The number of rotatable bonds is 4. The van der Waals surface area contributed by atoms with E-state index in [9.17, 15) is 14.4 Å². The number of halogens is 2. The minimum Gasteiger partial charge on any atom is -0.478 e. The molecular formula is C18H11BrClN3O4S. The normalized spacial score (nSPS) is 17.1. The molecule has 0 radical (unpaired) electrons. The van der Waals surface area contributed by atoms with Crippen LogP contribution >= 0.6 is 39.7 Å². The zero-order valence-corrected chi connectivity index (χ0v) is 17.1. The minimum atomic E-state index is -1.22. The van der Waals surface area contributed by atoms with E-state index in [0.717, 1.165) is 10.7 Å². The highest BCUT2D eigenvalue weighted by molar-refractivity contribution is 9.10. The van der Waals surface area contributed by atoms with Gasteiger partial charge < -0.3 is 10.4 Å². The molecule has 2 aromatic carbocycles. The van der Waals surface area contributed by atoms with Gasteiger partial charge in [-0.05, 0) is 54.7 Å². The highest BCUT2D eigenvalue weighted by Gasteiger charge is 2.38. The fourth-order valence-corrected chi connectivity index (χ4v) is 3.23. The zero-order chi connectivity index (χ0) is 20.4. The lowest BCUT2D eigenvalue weighted by atomic mass is 10.1. The number of carboxylic acid groups (broad SMARTS) is 1. The standard InChI is InChI=1S/C18H11BrClN3O4S/c19-9-1-4-11(5-2-9)23-16(25)13(15(24)22-18(23)28)8-21-10-3-6-14(20)12(7-10)17(26)27/h1-8,13H,(H,26,27)(H,22,24,28)/t13-/m1/s1. The molecule has 1 aliphatic rings. The van der Waals surface area contributed by atoms with E-state index < -0.39 is 23.7 Å². The first-order valence-corrected chi connectivity index (χ1v) is 9.37. The molecule has 3 rings (SSSR count). The van der Waals surface area contributed by atoms with Crippen LogP contribution in [-0.4, -0.2) is 34.2 Å². The minimum absolute atomic E-state index is 0.0263. The van der Waals surface area contributed by atoms with Crippen LogP contribution in [0.2, 0.25) is 5.02 Å². The summed E-state index contributed by atoms with van der Waals surface area (Å²) >= 11 is 14.3. The summed E-state index contributed by atoms with van der Waals surface area (Å²) in [6.45, 7) is 0. The van der Waals surface area contributed by atoms with Crippen LogP contribution in [-0.2, 0) is 9.59 Å². The molecule has 10 heteroatoms. The number of carboxylic acids is 1. The van der Waals surface area contributed by atoms with E-state index in [0.29, 0.717) is 5.69 Å². The molecule has 1 heterocycles. The quantitative estimate of drug-likeness (QED) is 0.396. The number of nitrogens with one attached hydrogen (secondary N) is 1. The highest BCUT2D eigenvalue weighted by Crippen LogP contribution is 2.25. The highest BCUT2D eigenvalue weighted by atomic mass is 79.9. The lowest BCUT2D eigenvalue weighted by Crippen LogP contribution is -2.58. The van der Waals surface area contributed by atoms with Crippen molar-refractivity contribution in [3.63, 3.8) is 0 Å². The molecule has 28 heavy (non-hydrogen) atoms. The number of anilines is 1. The summed E-state index contributed by atoms with van der Waals surface area (Å²) in [4.78, 5) is 41.5. The molecule has 1 atom stereocenters. The summed E-state index contributed by atoms with van der Waals surface area (Å²) in [7, 11) is 0. The Morgan fingerprint density at radius 1 is 1.25 bits per heavy atom. The second-order valence-corrected chi connectivity index (χ2v) is 7.38. The molecule has 1 saturated heterocycles. The van der Waals surface area contributed by atoms with Gasteiger partial charge >= 0.3 is 5.97 Å². The van der Waals surface area contributed by atoms with Gasteiger partial charge in [0.1, 0.15) is 0 Å². The number of hydrogen-bond donors (Lipinski definition) is 2. The van der Waals surface area contributed by atoms with E-state index in [2.05, 4.69) is 26.2 Å². The Labute approximate surface area is 178 Å². The van der Waals surface area contributed by atoms with Crippen molar-refractivity contribution < 1.29 is 19.5 Å². The van der Waals surface area contributed by atoms with E-state index in [4.69, 9.17) is 28.9 Å². The van der Waals surface area contributed by atoms with Crippen molar-refractivity contribution >= 4 is 80.2 Å². The van der Waals surface area contributed by atoms with Gasteiger partial charge in [0, 0.05) is 10.7 Å². The maximum atomic E-state index is 12.8. The number of aromatic carboxylic acids is 1. The van der Waals surface area contributed by atoms with Crippen LogP contribution in [0.15, 0.2) is 51.9 Å². The number of carbonyl (C=O) groups is 3. The molecule has 2 aromatic rings. The number of carbonyl (C=O) groups excluding carboxylic acids is 2. The van der Waals surface area contributed by atoms with Gasteiger partial charge in [0.15, 0.2) is 11.0 Å². The van der Waals surface area contributed by atoms with Gasteiger partial charge in [-0.25, -0.2) is 4.79 Å². The van der Waals surface area contributed by atoms with Crippen LogP contribution in [0.25, 0.3) is 0 Å². The monoisotopic (exact) mass is 479 g/mol. The first-order chi connectivity index (χ1) is 13.3. The molecule has 0 aliphatic carbocycles. The van der Waals surface area contributed by atoms with Crippen LogP contribution in [0.3, 0.4) is 0 Å². The summed E-state index contributed by atoms with van der Waals surface area (Å²) in [5.74, 6) is -3.61. The molecular weight excluding hydrogens is 470 g/mol. The average Bonchev–Trinajstić information content (AvgIpc) is 2.63. The number of nitrogens with zero attached hydrogens (tertiary/aromatic N) is 2. The maximum absolute atomic E-state index is 12.8. The Bertz CT molecular complexity index is 1030. The van der Waals surface area contributed by atoms with E-state index in [1.807, 2.05) is 0 Å². The van der Waals surface area contributed by atoms with Crippen molar-refractivity contribution in [2.45, 2.75) is 0 Å². The third-order valence-corrected chi connectivity index (χ3v) is 4.98. The molecule has 2 N–H and O–H groups in total. The molecule has 7 nitrogen and oxygen atoms in total. The number of amides is 2. The predicted octanol–water partition coefficient (Wildman–Crippen LogP) is 3.57. The Morgan fingerprint density at radius 3 is 2.57 bits per heavy atom. The fraction of sp³-hybridized carbons (Fsp3) is 0.0556. The molecule has 1 fully saturated rings. The average molecular weight is 481 g/mol. The Hall–Kier alpha value is -2.62. The lowest BCUT2D eigenvalue weighted by Gasteiger charge is -2.30. The molecule has 2 amide bonds. The fourth-order valence-electron chi connectivity index (χ4n) is 2.47. The van der Waals surface area contributed by atoms with Gasteiger partial charge in [-0.15, -0.1) is 0 Å². The summed E-state index contributed by atoms with van der Waals surface area (Å²) in [5, 5.41) is 11.6. The van der Waals surface area contributed by atoms with Crippen molar-refractivity contribution in [2.24, 2.45) is 10.9 Å². The largest absolute Gasteiger partial charge is 0.478 e. The zero-order valence-electron chi connectivity index (χ0n) is 13.9. The van der Waals surface area contributed by atoms with Crippen molar-refractivity contribution in [1.29, 1.82) is 0 Å². The van der Waals surface area contributed by atoms with Gasteiger partial charge in [-0.2, -0.15) is 0 Å². The summed E-state index contributed by atoms with van der Waals surface area (Å²) < 4.78 is 0.825. The Balaban J connectivity index is 1.89. The summed E-state index contributed by atoms with van der Waals surface area (Å²) in [6.07, 6.45) is 1.15. The number of benzene rings is 2. The number of thiocarbonyl (C=S) groups is 1. The first-order valence-electron chi connectivity index (χ1n) is 7.79.